The number of rotatable bonds is 4. The molecule has 0 bridgehead atoms. The van der Waals surface area contributed by atoms with Gasteiger partial charge >= 0.3 is 0 Å². The molecule has 2 aromatic carbocycles. The predicted molar refractivity (Wildman–Crippen MR) is 101 cm³/mol. The van der Waals surface area contributed by atoms with Gasteiger partial charge in [-0.2, -0.15) is 0 Å². The Hall–Kier alpha value is -1.70. The maximum Gasteiger partial charge on any atom is 0.263 e. The molecule has 3 nitrogen and oxygen atoms in total. The van der Waals surface area contributed by atoms with Crippen LogP contribution >= 0.6 is 39.9 Å². The van der Waals surface area contributed by atoms with Gasteiger partial charge in [-0.25, -0.2) is 4.39 Å². The fourth-order valence-electron chi connectivity index (χ4n) is 2.04. The minimum atomic E-state index is -0.273. The number of thioether (sulfide) groups is 1. The molecule has 0 spiro atoms. The van der Waals surface area contributed by atoms with E-state index in [-0.39, 0.29) is 11.7 Å². The van der Waals surface area contributed by atoms with Gasteiger partial charge in [0.05, 0.1) is 9.38 Å². The molecule has 1 heterocycles. The van der Waals surface area contributed by atoms with E-state index in [1.807, 2.05) is 18.2 Å². The van der Waals surface area contributed by atoms with Crippen LogP contribution < -0.4 is 10.1 Å². The third kappa shape index (κ3) is 4.23. The van der Waals surface area contributed by atoms with E-state index in [2.05, 4.69) is 21.2 Å². The Bertz CT molecular complexity index is 837. The van der Waals surface area contributed by atoms with Crippen molar-refractivity contribution in [1.82, 2.24) is 5.32 Å². The number of carbonyl (C=O) groups is 1. The first-order valence-electron chi connectivity index (χ1n) is 6.93. The van der Waals surface area contributed by atoms with E-state index in [1.54, 1.807) is 18.2 Å². The van der Waals surface area contributed by atoms with E-state index in [0.29, 0.717) is 21.6 Å². The van der Waals surface area contributed by atoms with Crippen molar-refractivity contribution in [2.24, 2.45) is 0 Å². The summed E-state index contributed by atoms with van der Waals surface area (Å²) in [5, 5.41) is 2.58. The molecule has 0 aliphatic carbocycles. The molecule has 1 aliphatic rings. The summed E-state index contributed by atoms with van der Waals surface area (Å²) in [6.07, 6.45) is 1.77. The van der Waals surface area contributed by atoms with Crippen LogP contribution in [0.5, 0.6) is 5.75 Å². The van der Waals surface area contributed by atoms with Gasteiger partial charge in [-0.05, 0) is 57.4 Å². The van der Waals surface area contributed by atoms with Crippen LogP contribution in [0.15, 0.2) is 51.8 Å². The normalized spacial score (nSPS) is 15.7. The zero-order valence-corrected chi connectivity index (χ0v) is 15.4. The standard InChI is InChI=1S/C17H11BrFNO2S2/c18-13-7-11(8-15-16(21)20-17(23)24-15)3-6-14(13)22-9-10-1-4-12(19)5-2-10/h1-8H,9H2,(H,20,21,23). The minimum Gasteiger partial charge on any atom is -0.488 e. The third-order valence-electron chi connectivity index (χ3n) is 3.20. The highest BCUT2D eigenvalue weighted by atomic mass is 79.9. The fraction of sp³-hybridized carbons (Fsp3) is 0.0588. The fourth-order valence-corrected chi connectivity index (χ4v) is 3.59. The molecular weight excluding hydrogens is 413 g/mol. The molecule has 1 aliphatic heterocycles. The molecule has 1 N–H and O–H groups in total. The molecule has 0 saturated carbocycles. The highest BCUT2D eigenvalue weighted by molar-refractivity contribution is 9.10. The molecule has 0 aromatic heterocycles. The summed E-state index contributed by atoms with van der Waals surface area (Å²) in [7, 11) is 0. The molecule has 0 atom stereocenters. The Morgan fingerprint density at radius 2 is 2.00 bits per heavy atom. The largest absolute Gasteiger partial charge is 0.488 e. The minimum absolute atomic E-state index is 0.183. The molecule has 122 valence electrons. The van der Waals surface area contributed by atoms with E-state index in [4.69, 9.17) is 17.0 Å². The van der Waals surface area contributed by atoms with Gasteiger partial charge in [0.15, 0.2) is 0 Å². The number of amides is 1. The smallest absolute Gasteiger partial charge is 0.263 e. The summed E-state index contributed by atoms with van der Waals surface area (Å²) in [5.41, 5.74) is 1.74. The van der Waals surface area contributed by atoms with Crippen molar-refractivity contribution in [3.05, 3.63) is 68.8 Å². The summed E-state index contributed by atoms with van der Waals surface area (Å²) >= 11 is 9.67. The Morgan fingerprint density at radius 1 is 1.25 bits per heavy atom. The van der Waals surface area contributed by atoms with Gasteiger partial charge in [0.25, 0.3) is 5.91 Å². The average Bonchev–Trinajstić information content (AvgIpc) is 2.86. The third-order valence-corrected chi connectivity index (χ3v) is 4.99. The Balaban J connectivity index is 1.70. The highest BCUT2D eigenvalue weighted by Crippen LogP contribution is 2.30. The summed E-state index contributed by atoms with van der Waals surface area (Å²) in [6.45, 7) is 0.339. The van der Waals surface area contributed by atoms with Crippen LogP contribution in [0.3, 0.4) is 0 Å². The van der Waals surface area contributed by atoms with Gasteiger partial charge in [-0.15, -0.1) is 0 Å². The second-order valence-electron chi connectivity index (χ2n) is 4.96. The number of hydrogen-bond donors (Lipinski definition) is 1. The molecular formula is C17H11BrFNO2S2. The van der Waals surface area contributed by atoms with Crippen molar-refractivity contribution >= 4 is 56.2 Å². The highest BCUT2D eigenvalue weighted by Gasteiger charge is 2.21. The monoisotopic (exact) mass is 423 g/mol. The van der Waals surface area contributed by atoms with E-state index in [0.717, 1.165) is 15.6 Å². The molecule has 1 fully saturated rings. The lowest BCUT2D eigenvalue weighted by atomic mass is 10.2. The van der Waals surface area contributed by atoms with Crippen molar-refractivity contribution in [1.29, 1.82) is 0 Å². The molecule has 0 radical (unpaired) electrons. The maximum atomic E-state index is 12.9. The number of hydrogen-bond acceptors (Lipinski definition) is 4. The lowest BCUT2D eigenvalue weighted by molar-refractivity contribution is -0.115. The Morgan fingerprint density at radius 3 is 2.62 bits per heavy atom. The molecule has 0 unspecified atom stereocenters. The molecule has 1 amide bonds. The van der Waals surface area contributed by atoms with E-state index in [1.165, 1.54) is 23.9 Å². The van der Waals surface area contributed by atoms with Crippen molar-refractivity contribution in [3.8, 4) is 5.75 Å². The van der Waals surface area contributed by atoms with Crippen LogP contribution in [0.2, 0.25) is 0 Å². The number of halogens is 2. The Kier molecular flexibility index (Phi) is 5.33. The number of benzene rings is 2. The van der Waals surface area contributed by atoms with Crippen LogP contribution in [0, 0.1) is 5.82 Å². The van der Waals surface area contributed by atoms with Crippen molar-refractivity contribution < 1.29 is 13.9 Å². The van der Waals surface area contributed by atoms with E-state index < -0.39 is 0 Å². The maximum absolute atomic E-state index is 12.9. The van der Waals surface area contributed by atoms with Crippen molar-refractivity contribution in [2.45, 2.75) is 6.61 Å². The van der Waals surface area contributed by atoms with Crippen molar-refractivity contribution in [3.63, 3.8) is 0 Å². The van der Waals surface area contributed by atoms with Gasteiger partial charge in [0.1, 0.15) is 22.5 Å². The molecule has 2 aromatic rings. The second kappa shape index (κ2) is 7.46. The van der Waals surface area contributed by atoms with Crippen LogP contribution in [0.25, 0.3) is 6.08 Å². The van der Waals surface area contributed by atoms with Crippen LogP contribution in [-0.4, -0.2) is 10.2 Å². The first kappa shape index (κ1) is 17.1. The van der Waals surface area contributed by atoms with Gasteiger partial charge in [-0.3, -0.25) is 4.79 Å². The predicted octanol–water partition coefficient (Wildman–Crippen LogP) is 4.66. The zero-order valence-electron chi connectivity index (χ0n) is 12.2. The van der Waals surface area contributed by atoms with Gasteiger partial charge in [-0.1, -0.05) is 42.2 Å². The first-order chi connectivity index (χ1) is 11.5. The first-order valence-corrected chi connectivity index (χ1v) is 8.95. The van der Waals surface area contributed by atoms with Crippen LogP contribution in [-0.2, 0) is 11.4 Å². The second-order valence-corrected chi connectivity index (χ2v) is 7.53. The summed E-state index contributed by atoms with van der Waals surface area (Å²) in [4.78, 5) is 12.2. The summed E-state index contributed by atoms with van der Waals surface area (Å²) in [5.74, 6) is 0.212. The molecule has 1 saturated heterocycles. The molecule has 24 heavy (non-hydrogen) atoms. The van der Waals surface area contributed by atoms with Crippen LogP contribution in [0.1, 0.15) is 11.1 Å². The van der Waals surface area contributed by atoms with E-state index in [9.17, 15) is 9.18 Å². The van der Waals surface area contributed by atoms with Gasteiger partial charge < -0.3 is 10.1 Å². The molecule has 7 heteroatoms. The number of thiocarbonyl (C=S) groups is 1. The van der Waals surface area contributed by atoms with E-state index >= 15 is 0 Å². The number of nitrogens with one attached hydrogen (secondary N) is 1. The topological polar surface area (TPSA) is 38.3 Å². The summed E-state index contributed by atoms with van der Waals surface area (Å²) in [6, 6.07) is 11.7. The van der Waals surface area contributed by atoms with Crippen molar-refractivity contribution in [2.75, 3.05) is 0 Å². The van der Waals surface area contributed by atoms with Gasteiger partial charge in [0.2, 0.25) is 0 Å². The number of ether oxygens (including phenoxy) is 1. The Labute approximate surface area is 156 Å². The average molecular weight is 424 g/mol. The SMILES string of the molecule is O=C1NC(=S)SC1=Cc1ccc(OCc2ccc(F)cc2)c(Br)c1. The quantitative estimate of drug-likeness (QED) is 0.573. The zero-order chi connectivity index (χ0) is 17.1. The lowest BCUT2D eigenvalue weighted by Gasteiger charge is -2.09. The molecule has 3 rings (SSSR count). The number of carbonyl (C=O) groups excluding carboxylic acids is 1. The summed E-state index contributed by atoms with van der Waals surface area (Å²) < 4.78 is 19.8. The van der Waals surface area contributed by atoms with Crippen LogP contribution in [0.4, 0.5) is 4.39 Å². The lowest BCUT2D eigenvalue weighted by Crippen LogP contribution is -2.17. The van der Waals surface area contributed by atoms with Gasteiger partial charge in [0, 0.05) is 0 Å².